The van der Waals surface area contributed by atoms with Crippen molar-refractivity contribution in [1.82, 2.24) is 14.4 Å². The molecule has 0 aliphatic heterocycles. The lowest BCUT2D eigenvalue weighted by atomic mass is 10.4. The summed E-state index contributed by atoms with van der Waals surface area (Å²) in [5.41, 5.74) is 0.737. The first kappa shape index (κ1) is 10.1. The summed E-state index contributed by atoms with van der Waals surface area (Å²) in [4.78, 5) is 19.5. The Labute approximate surface area is 94.2 Å². The van der Waals surface area contributed by atoms with E-state index in [2.05, 4.69) is 25.9 Å². The van der Waals surface area contributed by atoms with Crippen LogP contribution in [-0.2, 0) is 4.74 Å². The lowest BCUT2D eigenvalue weighted by Gasteiger charge is -1.98. The fraction of sp³-hybridized carbons (Fsp3) is 0.222. The number of halogens is 1. The third kappa shape index (κ3) is 1.85. The number of esters is 1. The topological polar surface area (TPSA) is 56.5 Å². The van der Waals surface area contributed by atoms with Gasteiger partial charge in [-0.15, -0.1) is 0 Å². The number of ether oxygens (including phenoxy) is 1. The number of imidazole rings is 1. The van der Waals surface area contributed by atoms with Crippen molar-refractivity contribution in [2.45, 2.75) is 6.92 Å². The third-order valence-electron chi connectivity index (χ3n) is 1.81. The van der Waals surface area contributed by atoms with Gasteiger partial charge >= 0.3 is 5.97 Å². The Morgan fingerprint density at radius 1 is 1.60 bits per heavy atom. The van der Waals surface area contributed by atoms with Gasteiger partial charge in [-0.25, -0.2) is 14.8 Å². The van der Waals surface area contributed by atoms with Crippen LogP contribution in [0.1, 0.15) is 17.4 Å². The minimum atomic E-state index is -0.449. The molecule has 6 heteroatoms. The number of rotatable bonds is 2. The molecule has 0 saturated heterocycles. The van der Waals surface area contributed by atoms with Crippen molar-refractivity contribution in [3.63, 3.8) is 0 Å². The molecule has 0 spiro atoms. The van der Waals surface area contributed by atoms with E-state index in [9.17, 15) is 4.79 Å². The normalized spacial score (nSPS) is 10.5. The number of carbonyl (C=O) groups excluding carboxylic acids is 1. The molecule has 15 heavy (non-hydrogen) atoms. The molecule has 0 aliphatic carbocycles. The van der Waals surface area contributed by atoms with Gasteiger partial charge in [0, 0.05) is 12.4 Å². The van der Waals surface area contributed by atoms with Crippen molar-refractivity contribution in [3.8, 4) is 0 Å². The van der Waals surface area contributed by atoms with Gasteiger partial charge in [0.05, 0.1) is 11.1 Å². The Balaban J connectivity index is 2.49. The van der Waals surface area contributed by atoms with Crippen molar-refractivity contribution >= 4 is 27.5 Å². The summed E-state index contributed by atoms with van der Waals surface area (Å²) in [6, 6.07) is 0. The predicted molar refractivity (Wildman–Crippen MR) is 56.6 cm³/mol. The molecular weight excluding hydrogens is 262 g/mol. The molecule has 2 heterocycles. The minimum Gasteiger partial charge on any atom is -0.461 e. The van der Waals surface area contributed by atoms with Crippen LogP contribution in [0.2, 0.25) is 0 Å². The van der Waals surface area contributed by atoms with E-state index >= 15 is 0 Å². The number of hydrogen-bond donors (Lipinski definition) is 0. The van der Waals surface area contributed by atoms with Gasteiger partial charge in [0.2, 0.25) is 0 Å². The quantitative estimate of drug-likeness (QED) is 0.779. The first-order chi connectivity index (χ1) is 7.22. The molecule has 0 aromatic carbocycles. The second kappa shape index (κ2) is 3.98. The highest BCUT2D eigenvalue weighted by atomic mass is 79.9. The SMILES string of the molecule is CCOC(=O)c1ncn2cc(Br)cnc12. The fourth-order valence-electron chi connectivity index (χ4n) is 1.21. The van der Waals surface area contributed by atoms with Gasteiger partial charge in [-0.1, -0.05) is 0 Å². The van der Waals surface area contributed by atoms with Crippen LogP contribution in [-0.4, -0.2) is 26.9 Å². The van der Waals surface area contributed by atoms with Crippen LogP contribution in [0.4, 0.5) is 0 Å². The Morgan fingerprint density at radius 2 is 2.40 bits per heavy atom. The van der Waals surface area contributed by atoms with Gasteiger partial charge in [-0.3, -0.25) is 4.40 Å². The van der Waals surface area contributed by atoms with E-state index in [1.807, 2.05) is 0 Å². The largest absolute Gasteiger partial charge is 0.461 e. The molecule has 2 aromatic heterocycles. The highest BCUT2D eigenvalue weighted by Gasteiger charge is 2.15. The summed E-state index contributed by atoms with van der Waals surface area (Å²) < 4.78 is 7.34. The number of carbonyl (C=O) groups is 1. The van der Waals surface area contributed by atoms with Crippen LogP contribution in [0.5, 0.6) is 0 Å². The van der Waals surface area contributed by atoms with Crippen LogP contribution < -0.4 is 0 Å². The molecule has 0 saturated carbocycles. The number of fused-ring (bicyclic) bond motifs is 1. The van der Waals surface area contributed by atoms with E-state index in [1.54, 1.807) is 23.7 Å². The maximum Gasteiger partial charge on any atom is 0.360 e. The minimum absolute atomic E-state index is 0.240. The molecule has 0 radical (unpaired) electrons. The van der Waals surface area contributed by atoms with Gasteiger partial charge in [0.25, 0.3) is 0 Å². The molecule has 0 bridgehead atoms. The summed E-state index contributed by atoms with van der Waals surface area (Å²) in [6.45, 7) is 2.08. The fourth-order valence-corrected chi connectivity index (χ4v) is 1.53. The zero-order chi connectivity index (χ0) is 10.8. The molecule has 5 nitrogen and oxygen atoms in total. The van der Waals surface area contributed by atoms with Crippen LogP contribution >= 0.6 is 15.9 Å². The third-order valence-corrected chi connectivity index (χ3v) is 2.22. The molecule has 78 valence electrons. The second-order valence-electron chi connectivity index (χ2n) is 2.82. The standard InChI is InChI=1S/C9H8BrN3O2/c1-2-15-9(14)7-8-11-3-6(10)4-13(8)5-12-7/h3-5H,2H2,1H3. The lowest BCUT2D eigenvalue weighted by Crippen LogP contribution is -2.06. The number of hydrogen-bond acceptors (Lipinski definition) is 4. The van der Waals surface area contributed by atoms with E-state index in [-0.39, 0.29) is 5.69 Å². The molecule has 0 atom stereocenters. The van der Waals surface area contributed by atoms with Gasteiger partial charge in [0.15, 0.2) is 11.3 Å². The van der Waals surface area contributed by atoms with Crippen molar-refractivity contribution in [1.29, 1.82) is 0 Å². The molecule has 0 amide bonds. The van der Waals surface area contributed by atoms with Gasteiger partial charge in [-0.2, -0.15) is 0 Å². The molecule has 2 aromatic rings. The predicted octanol–water partition coefficient (Wildman–Crippen LogP) is 1.67. The number of aromatic nitrogens is 3. The summed E-state index contributed by atoms with van der Waals surface area (Å²) in [5, 5.41) is 0. The van der Waals surface area contributed by atoms with Crippen molar-refractivity contribution in [2.75, 3.05) is 6.61 Å². The van der Waals surface area contributed by atoms with E-state index in [0.717, 1.165) is 4.47 Å². The summed E-state index contributed by atoms with van der Waals surface area (Å²) >= 11 is 3.28. The Bertz CT molecular complexity index is 509. The van der Waals surface area contributed by atoms with E-state index in [4.69, 9.17) is 4.74 Å². The average molecular weight is 270 g/mol. The zero-order valence-corrected chi connectivity index (χ0v) is 9.56. The van der Waals surface area contributed by atoms with Crippen LogP contribution in [0, 0.1) is 0 Å². The van der Waals surface area contributed by atoms with Crippen LogP contribution in [0.25, 0.3) is 5.65 Å². The Kier molecular flexibility index (Phi) is 2.68. The maximum atomic E-state index is 11.5. The molecule has 0 unspecified atom stereocenters. The highest BCUT2D eigenvalue weighted by Crippen LogP contribution is 2.12. The summed E-state index contributed by atoms with van der Waals surface area (Å²) in [5.74, 6) is -0.449. The van der Waals surface area contributed by atoms with E-state index < -0.39 is 5.97 Å². The van der Waals surface area contributed by atoms with Gasteiger partial charge < -0.3 is 4.74 Å². The smallest absolute Gasteiger partial charge is 0.360 e. The average Bonchev–Trinajstić information content (AvgIpc) is 2.60. The molecular formula is C9H8BrN3O2. The van der Waals surface area contributed by atoms with Crippen LogP contribution in [0.15, 0.2) is 23.2 Å². The summed E-state index contributed by atoms with van der Waals surface area (Å²) in [6.07, 6.45) is 4.91. The van der Waals surface area contributed by atoms with Gasteiger partial charge in [0.1, 0.15) is 6.33 Å². The molecule has 2 rings (SSSR count). The van der Waals surface area contributed by atoms with Crippen LogP contribution in [0.3, 0.4) is 0 Å². The van der Waals surface area contributed by atoms with E-state index in [1.165, 1.54) is 6.33 Å². The van der Waals surface area contributed by atoms with Gasteiger partial charge in [-0.05, 0) is 22.9 Å². The Morgan fingerprint density at radius 3 is 3.13 bits per heavy atom. The maximum absolute atomic E-state index is 11.5. The highest BCUT2D eigenvalue weighted by molar-refractivity contribution is 9.10. The van der Waals surface area contributed by atoms with Crippen molar-refractivity contribution in [3.05, 3.63) is 28.9 Å². The van der Waals surface area contributed by atoms with Crippen molar-refractivity contribution < 1.29 is 9.53 Å². The molecule has 0 N–H and O–H groups in total. The zero-order valence-electron chi connectivity index (χ0n) is 7.98. The number of nitrogens with zero attached hydrogens (tertiary/aromatic N) is 3. The molecule has 0 fully saturated rings. The first-order valence-electron chi connectivity index (χ1n) is 4.37. The molecule has 0 aliphatic rings. The first-order valence-corrected chi connectivity index (χ1v) is 5.17. The second-order valence-corrected chi connectivity index (χ2v) is 3.73. The summed E-state index contributed by atoms with van der Waals surface area (Å²) in [7, 11) is 0. The van der Waals surface area contributed by atoms with E-state index in [0.29, 0.717) is 12.3 Å². The Hall–Kier alpha value is -1.43. The lowest BCUT2D eigenvalue weighted by molar-refractivity contribution is 0.0522. The van der Waals surface area contributed by atoms with Crippen molar-refractivity contribution in [2.24, 2.45) is 0 Å². The monoisotopic (exact) mass is 269 g/mol.